The highest BCUT2D eigenvalue weighted by atomic mass is 19.1. The van der Waals surface area contributed by atoms with Crippen molar-refractivity contribution in [2.75, 3.05) is 24.5 Å². The van der Waals surface area contributed by atoms with Crippen molar-refractivity contribution in [2.45, 2.75) is 44.4 Å². The van der Waals surface area contributed by atoms with Crippen LogP contribution in [0.2, 0.25) is 0 Å². The van der Waals surface area contributed by atoms with Crippen LogP contribution in [0, 0.1) is 11.7 Å². The minimum atomic E-state index is -0.346. The molecule has 1 spiro atoms. The Balaban J connectivity index is 1.68. The van der Waals surface area contributed by atoms with Crippen molar-refractivity contribution in [3.05, 3.63) is 29.6 Å². The van der Waals surface area contributed by atoms with Crippen LogP contribution in [-0.2, 0) is 15.0 Å². The van der Waals surface area contributed by atoms with Crippen LogP contribution >= 0.6 is 0 Å². The zero-order valence-corrected chi connectivity index (χ0v) is 14.1. The molecule has 1 atom stereocenters. The molecule has 0 bridgehead atoms. The van der Waals surface area contributed by atoms with Gasteiger partial charge in [-0.2, -0.15) is 0 Å². The number of hydrogen-bond donors (Lipinski definition) is 0. The summed E-state index contributed by atoms with van der Waals surface area (Å²) in [6.07, 6.45) is 4.53. The summed E-state index contributed by atoms with van der Waals surface area (Å²) in [6, 6.07) is 5.17. The molecular weight excluding hydrogens is 307 g/mol. The number of benzene rings is 1. The molecule has 2 amide bonds. The molecule has 0 radical (unpaired) electrons. The van der Waals surface area contributed by atoms with Crippen LogP contribution in [0.5, 0.6) is 0 Å². The first-order chi connectivity index (χ1) is 11.6. The van der Waals surface area contributed by atoms with Crippen molar-refractivity contribution in [3.63, 3.8) is 0 Å². The minimum absolute atomic E-state index is 0.0272. The maximum absolute atomic E-state index is 14.6. The third kappa shape index (κ3) is 2.17. The van der Waals surface area contributed by atoms with E-state index < -0.39 is 0 Å². The number of anilines is 1. The summed E-state index contributed by atoms with van der Waals surface area (Å²) in [5.41, 5.74) is 1.37. The Hall–Kier alpha value is -1.91. The fourth-order valence-electron chi connectivity index (χ4n) is 4.82. The number of rotatable bonds is 2. The molecule has 128 valence electrons. The number of amides is 2. The standard InChI is InChI=1S/C19H23FN2O2/c1-2-21-11-13(10-16(21)23)18(24)22-12-19(8-3-4-9-19)14-6-5-7-15(20)17(14)22/h5-7,13H,2-4,8-12H2,1H3. The molecule has 2 heterocycles. The highest BCUT2D eigenvalue weighted by Crippen LogP contribution is 2.51. The van der Waals surface area contributed by atoms with Gasteiger partial charge in [0.05, 0.1) is 11.6 Å². The molecule has 5 heteroatoms. The average Bonchev–Trinajstić information content (AvgIpc) is 3.27. The van der Waals surface area contributed by atoms with E-state index in [9.17, 15) is 14.0 Å². The van der Waals surface area contributed by atoms with E-state index in [1.54, 1.807) is 15.9 Å². The first-order valence-electron chi connectivity index (χ1n) is 8.94. The van der Waals surface area contributed by atoms with E-state index >= 15 is 0 Å². The average molecular weight is 330 g/mol. The zero-order valence-electron chi connectivity index (χ0n) is 14.1. The number of carbonyl (C=O) groups is 2. The topological polar surface area (TPSA) is 40.6 Å². The first kappa shape index (κ1) is 15.6. The van der Waals surface area contributed by atoms with E-state index in [1.807, 2.05) is 13.0 Å². The van der Waals surface area contributed by atoms with Crippen LogP contribution in [0.4, 0.5) is 10.1 Å². The molecule has 24 heavy (non-hydrogen) atoms. The molecule has 1 unspecified atom stereocenters. The highest BCUT2D eigenvalue weighted by Gasteiger charge is 2.49. The van der Waals surface area contributed by atoms with Crippen LogP contribution in [0.3, 0.4) is 0 Å². The number of nitrogens with zero attached hydrogens (tertiary/aromatic N) is 2. The van der Waals surface area contributed by atoms with Gasteiger partial charge in [-0.25, -0.2) is 4.39 Å². The molecule has 1 aromatic rings. The van der Waals surface area contributed by atoms with E-state index in [0.717, 1.165) is 31.2 Å². The van der Waals surface area contributed by atoms with E-state index in [2.05, 4.69) is 0 Å². The summed E-state index contributed by atoms with van der Waals surface area (Å²) in [5.74, 6) is -0.725. The molecule has 4 nitrogen and oxygen atoms in total. The van der Waals surface area contributed by atoms with Gasteiger partial charge in [0.1, 0.15) is 5.82 Å². The van der Waals surface area contributed by atoms with Crippen molar-refractivity contribution < 1.29 is 14.0 Å². The van der Waals surface area contributed by atoms with Gasteiger partial charge in [-0.05, 0) is 31.4 Å². The van der Waals surface area contributed by atoms with E-state index in [4.69, 9.17) is 0 Å². The second-order valence-corrected chi connectivity index (χ2v) is 7.38. The Morgan fingerprint density at radius 3 is 2.75 bits per heavy atom. The molecule has 1 aliphatic carbocycles. The van der Waals surface area contributed by atoms with Crippen LogP contribution in [-0.4, -0.2) is 36.3 Å². The molecule has 0 aromatic heterocycles. The van der Waals surface area contributed by atoms with Crippen LogP contribution < -0.4 is 4.90 Å². The lowest BCUT2D eigenvalue weighted by atomic mass is 9.81. The van der Waals surface area contributed by atoms with Crippen LogP contribution in [0.1, 0.15) is 44.6 Å². The number of likely N-dealkylation sites (tertiary alicyclic amines) is 1. The molecule has 1 saturated carbocycles. The second kappa shape index (κ2) is 5.57. The zero-order chi connectivity index (χ0) is 16.9. The van der Waals surface area contributed by atoms with Crippen LogP contribution in [0.15, 0.2) is 18.2 Å². The molecular formula is C19H23FN2O2. The Kier molecular flexibility index (Phi) is 3.62. The van der Waals surface area contributed by atoms with Crippen molar-refractivity contribution in [2.24, 2.45) is 5.92 Å². The summed E-state index contributed by atoms with van der Waals surface area (Å²) >= 11 is 0. The van der Waals surface area contributed by atoms with Gasteiger partial charge < -0.3 is 9.80 Å². The monoisotopic (exact) mass is 330 g/mol. The molecule has 1 aromatic carbocycles. The molecule has 0 N–H and O–H groups in total. The Morgan fingerprint density at radius 1 is 1.33 bits per heavy atom. The SMILES string of the molecule is CCN1CC(C(=O)N2CC3(CCCC3)c3cccc(F)c32)CC1=O. The minimum Gasteiger partial charge on any atom is -0.342 e. The van der Waals surface area contributed by atoms with Gasteiger partial charge >= 0.3 is 0 Å². The smallest absolute Gasteiger partial charge is 0.232 e. The van der Waals surface area contributed by atoms with Gasteiger partial charge in [-0.1, -0.05) is 25.0 Å². The summed E-state index contributed by atoms with van der Waals surface area (Å²) in [4.78, 5) is 28.4. The lowest BCUT2D eigenvalue weighted by Gasteiger charge is -2.26. The normalized spacial score (nSPS) is 24.9. The Bertz CT molecular complexity index is 697. The van der Waals surface area contributed by atoms with E-state index in [0.29, 0.717) is 25.3 Å². The van der Waals surface area contributed by atoms with Gasteiger partial charge in [0.25, 0.3) is 0 Å². The summed E-state index contributed by atoms with van der Waals surface area (Å²) in [6.45, 7) is 3.57. The van der Waals surface area contributed by atoms with Gasteiger partial charge in [-0.15, -0.1) is 0 Å². The van der Waals surface area contributed by atoms with E-state index in [1.165, 1.54) is 6.07 Å². The van der Waals surface area contributed by atoms with Gasteiger partial charge in [0.15, 0.2) is 0 Å². The molecule has 4 rings (SSSR count). The molecule has 2 fully saturated rings. The summed E-state index contributed by atoms with van der Waals surface area (Å²) < 4.78 is 14.6. The third-order valence-corrected chi connectivity index (χ3v) is 6.06. The summed E-state index contributed by atoms with van der Waals surface area (Å²) in [7, 11) is 0. The number of para-hydroxylation sites is 1. The summed E-state index contributed by atoms with van der Waals surface area (Å²) in [5, 5.41) is 0. The largest absolute Gasteiger partial charge is 0.342 e. The third-order valence-electron chi connectivity index (χ3n) is 6.06. The van der Waals surface area contributed by atoms with Gasteiger partial charge in [-0.3, -0.25) is 9.59 Å². The van der Waals surface area contributed by atoms with E-state index in [-0.39, 0.29) is 35.4 Å². The maximum Gasteiger partial charge on any atom is 0.232 e. The van der Waals surface area contributed by atoms with Crippen molar-refractivity contribution in [1.82, 2.24) is 4.90 Å². The number of carbonyl (C=O) groups excluding carboxylic acids is 2. The maximum atomic E-state index is 14.6. The van der Waals surface area contributed by atoms with Crippen molar-refractivity contribution >= 4 is 17.5 Å². The predicted molar refractivity (Wildman–Crippen MR) is 89.3 cm³/mol. The predicted octanol–water partition coefficient (Wildman–Crippen LogP) is 2.85. The molecule has 2 aliphatic heterocycles. The fourth-order valence-corrected chi connectivity index (χ4v) is 4.82. The Labute approximate surface area is 141 Å². The lowest BCUT2D eigenvalue weighted by molar-refractivity contribution is -0.128. The Morgan fingerprint density at radius 2 is 2.08 bits per heavy atom. The first-order valence-corrected chi connectivity index (χ1v) is 8.94. The molecule has 1 saturated heterocycles. The van der Waals surface area contributed by atoms with Gasteiger partial charge in [0.2, 0.25) is 11.8 Å². The lowest BCUT2D eigenvalue weighted by Crippen LogP contribution is -2.40. The van der Waals surface area contributed by atoms with Crippen molar-refractivity contribution in [3.8, 4) is 0 Å². The quantitative estimate of drug-likeness (QED) is 0.837. The fraction of sp³-hybridized carbons (Fsp3) is 0.579. The van der Waals surface area contributed by atoms with Crippen molar-refractivity contribution in [1.29, 1.82) is 0 Å². The van der Waals surface area contributed by atoms with Crippen LogP contribution in [0.25, 0.3) is 0 Å². The highest BCUT2D eigenvalue weighted by molar-refractivity contribution is 6.01. The number of halogens is 1. The second-order valence-electron chi connectivity index (χ2n) is 7.38. The molecule has 3 aliphatic rings. The number of hydrogen-bond acceptors (Lipinski definition) is 2. The van der Waals surface area contributed by atoms with Gasteiger partial charge in [0, 0.05) is 31.5 Å². The number of fused-ring (bicyclic) bond motifs is 2.